The van der Waals surface area contributed by atoms with Gasteiger partial charge in [-0.25, -0.2) is 23.1 Å². The summed E-state index contributed by atoms with van der Waals surface area (Å²) < 4.78 is 42.7. The summed E-state index contributed by atoms with van der Waals surface area (Å²) in [7, 11) is 0. The van der Waals surface area contributed by atoms with Crippen molar-refractivity contribution in [3.63, 3.8) is 0 Å². The number of halogens is 3. The minimum absolute atomic E-state index is 0.237. The predicted molar refractivity (Wildman–Crippen MR) is 123 cm³/mol. The maximum absolute atomic E-state index is 14.6. The van der Waals surface area contributed by atoms with Crippen LogP contribution in [0.3, 0.4) is 0 Å². The van der Waals surface area contributed by atoms with Gasteiger partial charge in [-0.1, -0.05) is 0 Å². The van der Waals surface area contributed by atoms with E-state index in [1.165, 1.54) is 0 Å². The number of nitrogens with one attached hydrogen (secondary N) is 2. The largest absolute Gasteiger partial charge is 0.355 e. The highest BCUT2D eigenvalue weighted by Crippen LogP contribution is 2.33. The smallest absolute Gasteiger partial charge is 0.136 e. The molecule has 33 heavy (non-hydrogen) atoms. The van der Waals surface area contributed by atoms with Gasteiger partial charge < -0.3 is 9.97 Å². The molecule has 0 atom stereocenters. The van der Waals surface area contributed by atoms with Crippen molar-refractivity contribution in [1.82, 2.24) is 19.9 Å². The summed E-state index contributed by atoms with van der Waals surface area (Å²) in [4.78, 5) is 15.7. The number of rotatable bonds is 1. The third-order valence-electron chi connectivity index (χ3n) is 5.44. The fraction of sp³-hybridized carbons (Fsp3) is 0. The number of hydrogen-bond acceptors (Lipinski definition) is 2. The molecular weight excluding hydrogens is 425 g/mol. The van der Waals surface area contributed by atoms with E-state index in [0.29, 0.717) is 29.0 Å². The topological polar surface area (TPSA) is 57.4 Å². The molecule has 0 radical (unpaired) electrons. The lowest BCUT2D eigenvalue weighted by Crippen LogP contribution is -1.97. The quantitative estimate of drug-likeness (QED) is 0.307. The zero-order valence-electron chi connectivity index (χ0n) is 17.0. The van der Waals surface area contributed by atoms with Crippen LogP contribution in [-0.4, -0.2) is 19.9 Å². The standard InChI is InChI=1S/C26H15F3N4/c27-14-7-23(28)26(24(29)8-14)22-12-21-11-19-4-3-17(31-19)9-15-1-2-16(30-15)10-18-5-6-20(32-18)13-25(22)33-21/h1-13,31-32H. The number of nitrogens with zero attached hydrogens (tertiary/aromatic N) is 2. The van der Waals surface area contributed by atoms with Gasteiger partial charge in [-0.05, 0) is 66.8 Å². The summed E-state index contributed by atoms with van der Waals surface area (Å²) >= 11 is 0. The lowest BCUT2D eigenvalue weighted by atomic mass is 10.0. The second kappa shape index (κ2) is 7.34. The molecule has 6 rings (SSSR count). The highest BCUT2D eigenvalue weighted by Gasteiger charge is 2.21. The zero-order chi connectivity index (χ0) is 22.5. The lowest BCUT2D eigenvalue weighted by molar-refractivity contribution is 0.539. The van der Waals surface area contributed by atoms with E-state index in [-0.39, 0.29) is 11.1 Å². The molecule has 4 aromatic rings. The van der Waals surface area contributed by atoms with Crippen molar-refractivity contribution in [3.8, 4) is 0 Å². The molecule has 0 aliphatic carbocycles. The van der Waals surface area contributed by atoms with Gasteiger partial charge in [-0.15, -0.1) is 0 Å². The number of benzene rings is 1. The molecule has 3 aromatic heterocycles. The van der Waals surface area contributed by atoms with Crippen LogP contribution >= 0.6 is 0 Å². The number of hydrogen-bond donors (Lipinski definition) is 2. The van der Waals surface area contributed by atoms with Crippen LogP contribution in [0.25, 0.3) is 45.9 Å². The van der Waals surface area contributed by atoms with Crippen LogP contribution in [-0.2, 0) is 0 Å². The van der Waals surface area contributed by atoms with E-state index in [1.807, 2.05) is 48.6 Å². The van der Waals surface area contributed by atoms with Crippen LogP contribution in [0, 0.1) is 17.5 Å². The average Bonchev–Trinajstić information content (AvgIpc) is 3.53. The minimum atomic E-state index is -0.984. The van der Waals surface area contributed by atoms with E-state index in [2.05, 4.69) is 19.9 Å². The predicted octanol–water partition coefficient (Wildman–Crippen LogP) is 6.49. The Labute approximate surface area is 185 Å². The Bertz CT molecular complexity index is 1630. The first kappa shape index (κ1) is 19.3. The fourth-order valence-corrected chi connectivity index (χ4v) is 4.01. The lowest BCUT2D eigenvalue weighted by Gasteiger charge is -2.06. The summed E-state index contributed by atoms with van der Waals surface area (Å²) in [6.45, 7) is 0. The van der Waals surface area contributed by atoms with Crippen LogP contribution < -0.4 is 0 Å². The number of H-pyrrole nitrogens is 2. The Balaban J connectivity index is 1.66. The van der Waals surface area contributed by atoms with Crippen molar-refractivity contribution in [2.24, 2.45) is 0 Å². The van der Waals surface area contributed by atoms with Crippen molar-refractivity contribution < 1.29 is 13.2 Å². The maximum atomic E-state index is 14.6. The van der Waals surface area contributed by atoms with Crippen molar-refractivity contribution in [2.45, 2.75) is 0 Å². The summed E-state index contributed by atoms with van der Waals surface area (Å²) in [5.74, 6) is -2.94. The molecule has 160 valence electrons. The van der Waals surface area contributed by atoms with Gasteiger partial charge in [0, 0.05) is 39.8 Å². The number of fused-ring (bicyclic) bond motifs is 8. The van der Waals surface area contributed by atoms with Gasteiger partial charge in [0.25, 0.3) is 0 Å². The maximum Gasteiger partial charge on any atom is 0.136 e. The van der Waals surface area contributed by atoms with Crippen LogP contribution in [0.5, 0.6) is 0 Å². The van der Waals surface area contributed by atoms with Gasteiger partial charge in [-0.2, -0.15) is 0 Å². The Hall–Kier alpha value is -4.39. The Morgan fingerprint density at radius 3 is 1.67 bits per heavy atom. The van der Waals surface area contributed by atoms with Gasteiger partial charge in [-0.3, -0.25) is 0 Å². The molecule has 4 nitrogen and oxygen atoms in total. The van der Waals surface area contributed by atoms with Crippen molar-refractivity contribution >= 4 is 45.9 Å². The minimum Gasteiger partial charge on any atom is -0.355 e. The Morgan fingerprint density at radius 2 is 1.09 bits per heavy atom. The molecular formula is C26H15F3N4. The molecule has 0 amide bonds. The summed E-state index contributed by atoms with van der Waals surface area (Å²) in [5.41, 5.74) is 5.54. The van der Waals surface area contributed by atoms with Crippen molar-refractivity contribution in [3.05, 3.63) is 106 Å². The van der Waals surface area contributed by atoms with E-state index in [1.54, 1.807) is 18.2 Å². The van der Waals surface area contributed by atoms with Gasteiger partial charge in [0.2, 0.25) is 0 Å². The average molecular weight is 440 g/mol. The van der Waals surface area contributed by atoms with Crippen molar-refractivity contribution in [1.29, 1.82) is 0 Å². The summed E-state index contributed by atoms with van der Waals surface area (Å²) in [6, 6.07) is 16.2. The van der Waals surface area contributed by atoms with Gasteiger partial charge >= 0.3 is 0 Å². The molecule has 2 N–H and O–H groups in total. The molecule has 2 aliphatic heterocycles. The molecule has 0 unspecified atom stereocenters. The van der Waals surface area contributed by atoms with Crippen LogP contribution in [0.4, 0.5) is 13.2 Å². The molecule has 1 aromatic carbocycles. The fourth-order valence-electron chi connectivity index (χ4n) is 4.01. The second-order valence-electron chi connectivity index (χ2n) is 7.83. The molecule has 2 aliphatic rings. The van der Waals surface area contributed by atoms with Crippen LogP contribution in [0.15, 0.2) is 60.7 Å². The third-order valence-corrected chi connectivity index (χ3v) is 5.44. The van der Waals surface area contributed by atoms with Gasteiger partial charge in [0.05, 0.1) is 28.3 Å². The van der Waals surface area contributed by atoms with Gasteiger partial charge in [0.1, 0.15) is 17.5 Å². The summed E-state index contributed by atoms with van der Waals surface area (Å²) in [5, 5.41) is 0. The van der Waals surface area contributed by atoms with E-state index >= 15 is 0 Å². The van der Waals surface area contributed by atoms with E-state index in [4.69, 9.17) is 0 Å². The molecule has 0 spiro atoms. The van der Waals surface area contributed by atoms with Crippen molar-refractivity contribution in [2.75, 3.05) is 0 Å². The van der Waals surface area contributed by atoms with E-state index in [9.17, 15) is 13.2 Å². The molecule has 7 heteroatoms. The first-order valence-electron chi connectivity index (χ1n) is 10.2. The van der Waals surface area contributed by atoms with E-state index in [0.717, 1.165) is 27.9 Å². The monoisotopic (exact) mass is 440 g/mol. The third kappa shape index (κ3) is 3.63. The highest BCUT2D eigenvalue weighted by atomic mass is 19.1. The molecule has 8 bridgehead atoms. The number of aromatic amines is 2. The zero-order valence-corrected chi connectivity index (χ0v) is 17.0. The molecule has 5 heterocycles. The Morgan fingerprint density at radius 1 is 0.576 bits per heavy atom. The molecule has 0 saturated carbocycles. The molecule has 0 fully saturated rings. The van der Waals surface area contributed by atoms with Crippen LogP contribution in [0.2, 0.25) is 0 Å². The van der Waals surface area contributed by atoms with E-state index < -0.39 is 17.5 Å². The number of aromatic nitrogens is 4. The SMILES string of the molecule is Fc1cc(F)c(C2=Cc3cc4ccc(cc5nc(cc6ccc(cc2n3)[nH]6)C=C5)[nH]4)c(F)c1. The normalized spacial score (nSPS) is 12.8. The Kier molecular flexibility index (Phi) is 4.29. The first-order valence-corrected chi connectivity index (χ1v) is 10.2. The summed E-state index contributed by atoms with van der Waals surface area (Å²) in [6.07, 6.45) is 5.45. The first-order chi connectivity index (χ1) is 16.0. The highest BCUT2D eigenvalue weighted by molar-refractivity contribution is 5.93. The van der Waals surface area contributed by atoms with Gasteiger partial charge in [0.15, 0.2) is 0 Å². The molecule has 0 saturated heterocycles. The second-order valence-corrected chi connectivity index (χ2v) is 7.83. The van der Waals surface area contributed by atoms with Crippen LogP contribution in [0.1, 0.15) is 28.3 Å².